The van der Waals surface area contributed by atoms with Crippen LogP contribution in [0.4, 0.5) is 5.69 Å². The van der Waals surface area contributed by atoms with Crippen molar-refractivity contribution < 1.29 is 13.2 Å². The fourth-order valence-corrected chi connectivity index (χ4v) is 3.76. The summed E-state index contributed by atoms with van der Waals surface area (Å²) in [5, 5.41) is 3.00. The van der Waals surface area contributed by atoms with Crippen LogP contribution in [-0.2, 0) is 9.84 Å². The van der Waals surface area contributed by atoms with E-state index < -0.39 is 9.84 Å². The molecule has 2 aromatic carbocycles. The maximum Gasteiger partial charge on any atom is 0.255 e. The summed E-state index contributed by atoms with van der Waals surface area (Å²) in [5.74, 6) is -0.121. The maximum atomic E-state index is 12.6. The van der Waals surface area contributed by atoms with Gasteiger partial charge in [-0.15, -0.1) is 0 Å². The molecule has 0 aromatic heterocycles. The van der Waals surface area contributed by atoms with Crippen LogP contribution in [0.5, 0.6) is 0 Å². The molecule has 4 nitrogen and oxygen atoms in total. The molecular formula is C18H20ClNO3S. The van der Waals surface area contributed by atoms with E-state index >= 15 is 0 Å². The summed E-state index contributed by atoms with van der Waals surface area (Å²) in [4.78, 5) is 12.5. The third kappa shape index (κ3) is 3.97. The fraction of sp³-hybridized carbons (Fsp3) is 0.278. The van der Waals surface area contributed by atoms with Crippen molar-refractivity contribution in [1.29, 1.82) is 0 Å². The van der Waals surface area contributed by atoms with E-state index in [0.717, 1.165) is 23.1 Å². The molecule has 2 rings (SSSR count). The van der Waals surface area contributed by atoms with Gasteiger partial charge in [-0.25, -0.2) is 8.42 Å². The molecule has 0 aliphatic rings. The minimum atomic E-state index is -3.50. The van der Waals surface area contributed by atoms with Gasteiger partial charge in [0.15, 0.2) is 9.84 Å². The molecule has 0 radical (unpaired) electrons. The predicted molar refractivity (Wildman–Crippen MR) is 97.8 cm³/mol. The van der Waals surface area contributed by atoms with Crippen molar-refractivity contribution in [3.63, 3.8) is 0 Å². The summed E-state index contributed by atoms with van der Waals surface area (Å²) in [6, 6.07) is 10.1. The Morgan fingerprint density at radius 2 is 1.83 bits per heavy atom. The van der Waals surface area contributed by atoms with E-state index in [1.54, 1.807) is 0 Å². The highest BCUT2D eigenvalue weighted by Crippen LogP contribution is 2.28. The Morgan fingerprint density at radius 3 is 2.42 bits per heavy atom. The van der Waals surface area contributed by atoms with Crippen LogP contribution in [0.1, 0.15) is 41.3 Å². The van der Waals surface area contributed by atoms with Crippen molar-refractivity contribution in [1.82, 2.24) is 0 Å². The van der Waals surface area contributed by atoms with Gasteiger partial charge in [0.25, 0.3) is 5.91 Å². The number of nitrogens with one attached hydrogen (secondary N) is 1. The van der Waals surface area contributed by atoms with Crippen LogP contribution < -0.4 is 5.32 Å². The van der Waals surface area contributed by atoms with E-state index in [-0.39, 0.29) is 27.3 Å². The van der Waals surface area contributed by atoms with Crippen LogP contribution in [0.2, 0.25) is 5.02 Å². The number of carbonyl (C=O) groups excluding carboxylic acids is 1. The first-order valence-corrected chi connectivity index (χ1v) is 9.78. The molecule has 0 unspecified atom stereocenters. The number of anilines is 1. The van der Waals surface area contributed by atoms with E-state index in [9.17, 15) is 13.2 Å². The van der Waals surface area contributed by atoms with E-state index in [4.69, 9.17) is 11.6 Å². The van der Waals surface area contributed by atoms with Crippen LogP contribution in [0, 0.1) is 6.92 Å². The van der Waals surface area contributed by atoms with Crippen molar-refractivity contribution in [3.8, 4) is 0 Å². The van der Waals surface area contributed by atoms with Crippen molar-refractivity contribution in [3.05, 3.63) is 58.1 Å². The van der Waals surface area contributed by atoms with E-state index in [1.165, 1.54) is 18.2 Å². The number of halogens is 1. The lowest BCUT2D eigenvalue weighted by atomic mass is 9.98. The second-order valence-electron chi connectivity index (χ2n) is 6.07. The quantitative estimate of drug-likeness (QED) is 0.871. The molecule has 0 bridgehead atoms. The van der Waals surface area contributed by atoms with Gasteiger partial charge in [0.05, 0.1) is 9.92 Å². The third-order valence-electron chi connectivity index (χ3n) is 3.76. The predicted octanol–water partition coefficient (Wildman–Crippen LogP) is 4.43. The molecule has 0 heterocycles. The van der Waals surface area contributed by atoms with Crippen LogP contribution >= 0.6 is 11.6 Å². The molecule has 0 saturated carbocycles. The number of carbonyl (C=O) groups is 1. The zero-order chi connectivity index (χ0) is 18.1. The van der Waals surface area contributed by atoms with Crippen molar-refractivity contribution in [2.75, 3.05) is 11.6 Å². The molecule has 0 aliphatic heterocycles. The van der Waals surface area contributed by atoms with E-state index in [1.807, 2.05) is 25.1 Å². The highest BCUT2D eigenvalue weighted by molar-refractivity contribution is 7.90. The Labute approximate surface area is 147 Å². The van der Waals surface area contributed by atoms with Crippen molar-refractivity contribution in [2.24, 2.45) is 0 Å². The molecule has 2 aromatic rings. The standard InChI is InChI=1S/C18H20ClNO3S/c1-11(2)14-7-5-6-12(3)17(14)20-18(21)13-8-9-15(19)16(10-13)24(4,22)23/h5-11H,1-4H3,(H,20,21). The lowest BCUT2D eigenvalue weighted by molar-refractivity contribution is 0.102. The SMILES string of the molecule is Cc1cccc(C(C)C)c1NC(=O)c1ccc(Cl)c(S(C)(=O)=O)c1. The number of para-hydroxylation sites is 1. The minimum Gasteiger partial charge on any atom is -0.321 e. The Bertz CT molecular complexity index is 889. The second kappa shape index (κ2) is 6.95. The lowest BCUT2D eigenvalue weighted by Gasteiger charge is -2.16. The average molecular weight is 366 g/mol. The average Bonchev–Trinajstić information content (AvgIpc) is 2.48. The summed E-state index contributed by atoms with van der Waals surface area (Å²) in [6.07, 6.45) is 1.06. The van der Waals surface area contributed by atoms with Gasteiger partial charge in [-0.2, -0.15) is 0 Å². The summed E-state index contributed by atoms with van der Waals surface area (Å²) in [7, 11) is -3.50. The van der Waals surface area contributed by atoms with Crippen molar-refractivity contribution >= 4 is 33.0 Å². The Hall–Kier alpha value is -1.85. The van der Waals surface area contributed by atoms with E-state index in [0.29, 0.717) is 0 Å². The molecule has 0 saturated heterocycles. The molecule has 0 atom stereocenters. The number of rotatable bonds is 4. The monoisotopic (exact) mass is 365 g/mol. The van der Waals surface area contributed by atoms with Gasteiger partial charge in [-0.05, 0) is 42.2 Å². The molecular weight excluding hydrogens is 346 g/mol. The number of aryl methyl sites for hydroxylation is 1. The van der Waals surface area contributed by atoms with Gasteiger partial charge in [0.2, 0.25) is 0 Å². The van der Waals surface area contributed by atoms with Gasteiger partial charge >= 0.3 is 0 Å². The summed E-state index contributed by atoms with van der Waals surface area (Å²) in [6.45, 7) is 6.02. The maximum absolute atomic E-state index is 12.6. The van der Waals surface area contributed by atoms with Crippen LogP contribution in [0.25, 0.3) is 0 Å². The molecule has 1 amide bonds. The zero-order valence-corrected chi connectivity index (χ0v) is 15.6. The number of sulfone groups is 1. The number of amides is 1. The van der Waals surface area contributed by atoms with Gasteiger partial charge in [-0.1, -0.05) is 43.6 Å². The van der Waals surface area contributed by atoms with E-state index in [2.05, 4.69) is 19.2 Å². The summed E-state index contributed by atoms with van der Waals surface area (Å²) in [5.41, 5.74) is 2.98. The first kappa shape index (κ1) is 18.5. The lowest BCUT2D eigenvalue weighted by Crippen LogP contribution is -2.15. The molecule has 1 N–H and O–H groups in total. The highest BCUT2D eigenvalue weighted by atomic mass is 35.5. The molecule has 6 heteroatoms. The zero-order valence-electron chi connectivity index (χ0n) is 14.1. The Kier molecular flexibility index (Phi) is 5.35. The van der Waals surface area contributed by atoms with Gasteiger partial charge in [0.1, 0.15) is 0 Å². The van der Waals surface area contributed by atoms with Crippen LogP contribution in [-0.4, -0.2) is 20.6 Å². The molecule has 0 aliphatic carbocycles. The number of hydrogen-bond donors (Lipinski definition) is 1. The topological polar surface area (TPSA) is 63.2 Å². The smallest absolute Gasteiger partial charge is 0.255 e. The molecule has 0 spiro atoms. The van der Waals surface area contributed by atoms with Gasteiger partial charge in [0, 0.05) is 17.5 Å². The molecule has 0 fully saturated rings. The first-order valence-electron chi connectivity index (χ1n) is 7.51. The largest absolute Gasteiger partial charge is 0.321 e. The molecule has 128 valence electrons. The number of hydrogen-bond acceptors (Lipinski definition) is 3. The second-order valence-corrected chi connectivity index (χ2v) is 8.46. The van der Waals surface area contributed by atoms with Gasteiger partial charge < -0.3 is 5.32 Å². The van der Waals surface area contributed by atoms with Crippen molar-refractivity contribution in [2.45, 2.75) is 31.6 Å². The summed E-state index contributed by atoms with van der Waals surface area (Å²) < 4.78 is 23.5. The Balaban J connectivity index is 2.42. The normalized spacial score (nSPS) is 11.6. The first-order chi connectivity index (χ1) is 11.1. The fourth-order valence-electron chi connectivity index (χ4n) is 2.46. The van der Waals surface area contributed by atoms with Crippen LogP contribution in [0.15, 0.2) is 41.3 Å². The highest BCUT2D eigenvalue weighted by Gasteiger charge is 2.17. The van der Waals surface area contributed by atoms with Crippen LogP contribution in [0.3, 0.4) is 0 Å². The minimum absolute atomic E-state index is 0.0503. The Morgan fingerprint density at radius 1 is 1.17 bits per heavy atom. The number of benzene rings is 2. The molecule has 24 heavy (non-hydrogen) atoms. The third-order valence-corrected chi connectivity index (χ3v) is 5.34. The summed E-state index contributed by atoms with van der Waals surface area (Å²) >= 11 is 5.93. The van der Waals surface area contributed by atoms with Gasteiger partial charge in [-0.3, -0.25) is 4.79 Å².